The first kappa shape index (κ1) is 12.4. The van der Waals surface area contributed by atoms with E-state index in [2.05, 4.69) is 6.08 Å². The van der Waals surface area contributed by atoms with E-state index in [1.807, 2.05) is 30.3 Å². The molecular formula is C15H17NO3. The molecule has 3 atom stereocenters. The Kier molecular flexibility index (Phi) is 3.34. The molecule has 0 spiro atoms. The number of nitro groups is 1. The number of hydrogen-bond donors (Lipinski definition) is 0. The standard InChI is InChI=1S/C15H17NO3/c17-16(18)14-13(11-5-2-1-3-6-11)9-8-12-7-4-10-19-15(12)14/h1-3,5-6,8,13-15H,4,7,9-10H2/t13-,14-,15?/m0/s1. The molecule has 0 amide bonds. The molecule has 1 heterocycles. The molecule has 3 rings (SSSR count). The molecule has 0 saturated carbocycles. The van der Waals surface area contributed by atoms with Crippen LogP contribution in [0.15, 0.2) is 42.0 Å². The largest absolute Gasteiger partial charge is 0.367 e. The molecule has 100 valence electrons. The van der Waals surface area contributed by atoms with E-state index in [0.717, 1.165) is 30.4 Å². The molecule has 4 nitrogen and oxygen atoms in total. The third-order valence-corrected chi connectivity index (χ3v) is 4.10. The second-order valence-electron chi connectivity index (χ2n) is 5.20. The topological polar surface area (TPSA) is 52.4 Å². The third kappa shape index (κ3) is 2.28. The lowest BCUT2D eigenvalue weighted by Gasteiger charge is -2.35. The fraction of sp³-hybridized carbons (Fsp3) is 0.467. The van der Waals surface area contributed by atoms with Crippen molar-refractivity contribution in [3.05, 3.63) is 57.7 Å². The summed E-state index contributed by atoms with van der Waals surface area (Å²) in [5, 5.41) is 11.5. The maximum Gasteiger partial charge on any atom is 0.249 e. The van der Waals surface area contributed by atoms with Gasteiger partial charge in [-0.15, -0.1) is 0 Å². The Morgan fingerprint density at radius 1 is 1.26 bits per heavy atom. The van der Waals surface area contributed by atoms with Crippen LogP contribution in [0.4, 0.5) is 0 Å². The maximum atomic E-state index is 11.5. The molecule has 0 radical (unpaired) electrons. The zero-order chi connectivity index (χ0) is 13.2. The SMILES string of the molecule is O=[N+]([O-])[C@@H]1C2OCCCC2=CC[C@H]1c1ccccc1. The molecule has 2 aliphatic rings. The van der Waals surface area contributed by atoms with Crippen molar-refractivity contribution in [2.75, 3.05) is 6.61 Å². The van der Waals surface area contributed by atoms with E-state index >= 15 is 0 Å². The molecule has 0 aromatic heterocycles. The number of allylic oxidation sites excluding steroid dienone is 1. The highest BCUT2D eigenvalue weighted by Gasteiger charge is 2.45. The number of ether oxygens (including phenoxy) is 1. The molecule has 0 N–H and O–H groups in total. The predicted molar refractivity (Wildman–Crippen MR) is 71.6 cm³/mol. The van der Waals surface area contributed by atoms with Gasteiger partial charge in [-0.25, -0.2) is 0 Å². The van der Waals surface area contributed by atoms with Crippen molar-refractivity contribution in [3.8, 4) is 0 Å². The summed E-state index contributed by atoms with van der Waals surface area (Å²) in [7, 11) is 0. The third-order valence-electron chi connectivity index (χ3n) is 4.10. The molecule has 1 aliphatic carbocycles. The van der Waals surface area contributed by atoms with Crippen LogP contribution in [0.1, 0.15) is 30.7 Å². The average molecular weight is 259 g/mol. The smallest absolute Gasteiger partial charge is 0.249 e. The summed E-state index contributed by atoms with van der Waals surface area (Å²) < 4.78 is 5.70. The van der Waals surface area contributed by atoms with Crippen LogP contribution < -0.4 is 0 Å². The highest BCUT2D eigenvalue weighted by molar-refractivity contribution is 5.28. The van der Waals surface area contributed by atoms with Crippen LogP contribution in [0.2, 0.25) is 0 Å². The van der Waals surface area contributed by atoms with Gasteiger partial charge in [0.2, 0.25) is 6.04 Å². The maximum absolute atomic E-state index is 11.5. The highest BCUT2D eigenvalue weighted by Crippen LogP contribution is 2.38. The van der Waals surface area contributed by atoms with E-state index in [1.165, 1.54) is 0 Å². The van der Waals surface area contributed by atoms with Crippen molar-refractivity contribution in [2.24, 2.45) is 0 Å². The van der Waals surface area contributed by atoms with Gasteiger partial charge in [-0.3, -0.25) is 10.1 Å². The summed E-state index contributed by atoms with van der Waals surface area (Å²) in [6.45, 7) is 0.633. The lowest BCUT2D eigenvalue weighted by atomic mass is 9.77. The lowest BCUT2D eigenvalue weighted by molar-refractivity contribution is -0.539. The van der Waals surface area contributed by atoms with Crippen molar-refractivity contribution in [1.29, 1.82) is 0 Å². The van der Waals surface area contributed by atoms with Crippen LogP contribution in [0.3, 0.4) is 0 Å². The monoisotopic (exact) mass is 259 g/mol. The number of nitrogens with zero attached hydrogens (tertiary/aromatic N) is 1. The lowest BCUT2D eigenvalue weighted by Crippen LogP contribution is -2.45. The number of rotatable bonds is 2. The summed E-state index contributed by atoms with van der Waals surface area (Å²) in [5.74, 6) is -0.0805. The molecule has 1 aromatic rings. The molecule has 1 aliphatic heterocycles. The molecule has 19 heavy (non-hydrogen) atoms. The summed E-state index contributed by atoms with van der Waals surface area (Å²) in [4.78, 5) is 11.3. The van der Waals surface area contributed by atoms with Gasteiger partial charge in [0.15, 0.2) is 0 Å². The van der Waals surface area contributed by atoms with E-state index in [0.29, 0.717) is 6.61 Å². The number of fused-ring (bicyclic) bond motifs is 1. The Bertz CT molecular complexity index is 497. The summed E-state index contributed by atoms with van der Waals surface area (Å²) >= 11 is 0. The van der Waals surface area contributed by atoms with E-state index in [4.69, 9.17) is 4.74 Å². The Hall–Kier alpha value is -1.68. The second kappa shape index (κ2) is 5.13. The van der Waals surface area contributed by atoms with Crippen LogP contribution in [0.25, 0.3) is 0 Å². The van der Waals surface area contributed by atoms with Gasteiger partial charge < -0.3 is 4.74 Å². The predicted octanol–water partition coefficient (Wildman–Crippen LogP) is 2.92. The van der Waals surface area contributed by atoms with Crippen LogP contribution in [-0.2, 0) is 4.74 Å². The molecule has 4 heteroatoms. The van der Waals surface area contributed by atoms with Crippen molar-refractivity contribution in [1.82, 2.24) is 0 Å². The minimum absolute atomic E-state index is 0.0805. The fourth-order valence-corrected chi connectivity index (χ4v) is 3.19. The molecule has 1 aromatic carbocycles. The van der Waals surface area contributed by atoms with Gasteiger partial charge in [0.1, 0.15) is 6.10 Å². The fourth-order valence-electron chi connectivity index (χ4n) is 3.19. The van der Waals surface area contributed by atoms with Crippen LogP contribution in [0.5, 0.6) is 0 Å². The van der Waals surface area contributed by atoms with E-state index in [9.17, 15) is 10.1 Å². The summed E-state index contributed by atoms with van der Waals surface area (Å²) in [6.07, 6.45) is 4.48. The van der Waals surface area contributed by atoms with Gasteiger partial charge >= 0.3 is 0 Å². The molecule has 1 saturated heterocycles. The quantitative estimate of drug-likeness (QED) is 0.466. The number of benzene rings is 1. The Balaban J connectivity index is 1.96. The van der Waals surface area contributed by atoms with Crippen LogP contribution in [-0.4, -0.2) is 23.7 Å². The van der Waals surface area contributed by atoms with Crippen molar-refractivity contribution in [3.63, 3.8) is 0 Å². The van der Waals surface area contributed by atoms with Crippen molar-refractivity contribution in [2.45, 2.75) is 37.3 Å². The molecular weight excluding hydrogens is 242 g/mol. The zero-order valence-corrected chi connectivity index (χ0v) is 10.7. The first-order valence-corrected chi connectivity index (χ1v) is 6.76. The number of hydrogen-bond acceptors (Lipinski definition) is 3. The minimum atomic E-state index is -0.650. The van der Waals surface area contributed by atoms with E-state index in [1.54, 1.807) is 0 Å². The van der Waals surface area contributed by atoms with Gasteiger partial charge in [0.05, 0.1) is 5.92 Å². The van der Waals surface area contributed by atoms with E-state index < -0.39 is 6.04 Å². The Morgan fingerprint density at radius 3 is 2.79 bits per heavy atom. The van der Waals surface area contributed by atoms with Gasteiger partial charge in [-0.05, 0) is 30.4 Å². The van der Waals surface area contributed by atoms with Gasteiger partial charge in [-0.2, -0.15) is 0 Å². The van der Waals surface area contributed by atoms with Crippen molar-refractivity contribution < 1.29 is 9.66 Å². The van der Waals surface area contributed by atoms with Gasteiger partial charge in [0.25, 0.3) is 0 Å². The summed E-state index contributed by atoms with van der Waals surface area (Å²) in [5.41, 5.74) is 2.16. The molecule has 1 fully saturated rings. The van der Waals surface area contributed by atoms with Crippen LogP contribution >= 0.6 is 0 Å². The Morgan fingerprint density at radius 2 is 2.05 bits per heavy atom. The second-order valence-corrected chi connectivity index (χ2v) is 5.20. The highest BCUT2D eigenvalue weighted by atomic mass is 16.6. The average Bonchev–Trinajstić information content (AvgIpc) is 2.46. The molecule has 1 unspecified atom stereocenters. The first-order chi connectivity index (χ1) is 9.27. The van der Waals surface area contributed by atoms with Gasteiger partial charge in [0, 0.05) is 11.5 Å². The Labute approximate surface area is 112 Å². The summed E-state index contributed by atoms with van der Waals surface area (Å²) in [6, 6.07) is 9.11. The molecule has 0 bridgehead atoms. The van der Waals surface area contributed by atoms with Gasteiger partial charge in [-0.1, -0.05) is 36.4 Å². The minimum Gasteiger partial charge on any atom is -0.367 e. The van der Waals surface area contributed by atoms with Crippen LogP contribution in [0, 0.1) is 10.1 Å². The van der Waals surface area contributed by atoms with E-state index in [-0.39, 0.29) is 16.9 Å². The first-order valence-electron chi connectivity index (χ1n) is 6.76. The van der Waals surface area contributed by atoms with Crippen molar-refractivity contribution >= 4 is 0 Å². The zero-order valence-electron chi connectivity index (χ0n) is 10.7. The normalized spacial score (nSPS) is 30.3.